The second-order valence-electron chi connectivity index (χ2n) is 16.1. The Balaban J connectivity index is 0.000000157. The van der Waals surface area contributed by atoms with Crippen molar-refractivity contribution in [2.45, 2.75) is 55.3 Å². The molecule has 1 N–H and O–H groups in total. The van der Waals surface area contributed by atoms with E-state index in [0.29, 0.717) is 86.8 Å². The fraction of sp³-hybridized carbons (Fsp3) is 0.173. The van der Waals surface area contributed by atoms with Gasteiger partial charge in [-0.15, -0.1) is 0 Å². The predicted molar refractivity (Wildman–Crippen MR) is 264 cm³/mol. The Morgan fingerprint density at radius 1 is 0.507 bits per heavy atom. The van der Waals surface area contributed by atoms with Crippen LogP contribution < -0.4 is 19.6 Å². The van der Waals surface area contributed by atoms with Gasteiger partial charge in [0, 0.05) is 31.6 Å². The Bertz CT molecular complexity index is 3060. The van der Waals surface area contributed by atoms with Crippen molar-refractivity contribution >= 4 is 103 Å². The fourth-order valence-corrected chi connectivity index (χ4v) is 9.64. The van der Waals surface area contributed by atoms with Crippen LogP contribution in [-0.4, -0.2) is 34.2 Å². The number of halogens is 3. The lowest BCUT2D eigenvalue weighted by Gasteiger charge is -2.52. The van der Waals surface area contributed by atoms with Crippen molar-refractivity contribution < 1.29 is 19.5 Å². The van der Waals surface area contributed by atoms with E-state index in [-0.39, 0.29) is 18.0 Å². The van der Waals surface area contributed by atoms with Crippen molar-refractivity contribution in [1.29, 1.82) is 0 Å². The first-order chi connectivity index (χ1) is 32.3. The summed E-state index contributed by atoms with van der Waals surface area (Å²) >= 11 is 15.3. The molecule has 4 aliphatic rings. The number of rotatable bonds is 5. The molecule has 10 rings (SSSR count). The van der Waals surface area contributed by atoms with E-state index in [9.17, 15) is 19.5 Å². The summed E-state index contributed by atoms with van der Waals surface area (Å²) in [6.07, 6.45) is 4.25. The van der Waals surface area contributed by atoms with Gasteiger partial charge >= 0.3 is 12.1 Å². The maximum Gasteiger partial charge on any atom is 0.336 e. The number of imide groups is 1. The van der Waals surface area contributed by atoms with E-state index >= 15 is 0 Å². The lowest BCUT2D eigenvalue weighted by molar-refractivity contribution is -0.123. The highest BCUT2D eigenvalue weighted by atomic mass is 79.9. The first-order valence-corrected chi connectivity index (χ1v) is 22.5. The number of benzene rings is 6. The van der Waals surface area contributed by atoms with Crippen LogP contribution in [-0.2, 0) is 10.5 Å². The molecule has 4 fully saturated rings. The first kappa shape index (κ1) is 46.1. The van der Waals surface area contributed by atoms with Gasteiger partial charge < -0.3 is 5.11 Å². The summed E-state index contributed by atoms with van der Waals surface area (Å²) in [6, 6.07) is 40.5. The van der Waals surface area contributed by atoms with Gasteiger partial charge in [0.25, 0.3) is 5.91 Å². The number of hydrogen-bond acceptors (Lipinski definition) is 4. The number of hydrogen-bond donors (Lipinski definition) is 1. The summed E-state index contributed by atoms with van der Waals surface area (Å²) < 4.78 is 0.955. The van der Waals surface area contributed by atoms with Crippen LogP contribution in [0.1, 0.15) is 44.1 Å². The molecular formula is C52H37BrCl2N8O4. The van der Waals surface area contributed by atoms with E-state index in [2.05, 4.69) is 35.3 Å². The summed E-state index contributed by atoms with van der Waals surface area (Å²) in [5.41, 5.74) is 1.29. The number of aliphatic hydroxyl groups is 1. The number of anilines is 4. The Morgan fingerprint density at radius 2 is 0.955 bits per heavy atom. The summed E-state index contributed by atoms with van der Waals surface area (Å²) in [5.74, 6) is -0.200. The number of nitrogens with zero attached hydrogens (tertiary/aromatic N) is 8. The quantitative estimate of drug-likeness (QED) is 0.137. The van der Waals surface area contributed by atoms with Gasteiger partial charge in [0.15, 0.2) is 28.5 Å². The molecule has 67 heavy (non-hydrogen) atoms. The summed E-state index contributed by atoms with van der Waals surface area (Å²) in [5, 5.41) is 13.7. The van der Waals surface area contributed by atoms with Crippen molar-refractivity contribution in [3.05, 3.63) is 211 Å². The minimum absolute atomic E-state index is 0.200. The van der Waals surface area contributed by atoms with Gasteiger partial charge in [-0.3, -0.25) is 19.5 Å². The molecular weight excluding hydrogens is 951 g/mol. The molecule has 12 nitrogen and oxygen atoms in total. The Kier molecular flexibility index (Phi) is 12.9. The van der Waals surface area contributed by atoms with Gasteiger partial charge in [0.1, 0.15) is 11.1 Å². The molecule has 0 aromatic heterocycles. The Labute approximate surface area is 406 Å². The van der Waals surface area contributed by atoms with E-state index in [1.165, 1.54) is 9.80 Å². The van der Waals surface area contributed by atoms with Crippen LogP contribution in [0.5, 0.6) is 0 Å². The third-order valence-corrected chi connectivity index (χ3v) is 13.5. The van der Waals surface area contributed by atoms with E-state index in [0.717, 1.165) is 17.3 Å². The van der Waals surface area contributed by atoms with Crippen molar-refractivity contribution in [3.8, 4) is 0 Å². The largest absolute Gasteiger partial charge is 0.365 e. The summed E-state index contributed by atoms with van der Waals surface area (Å²) in [6.45, 7) is 28.3. The minimum Gasteiger partial charge on any atom is -0.365 e. The molecule has 6 aromatic carbocycles. The van der Waals surface area contributed by atoms with Gasteiger partial charge in [-0.1, -0.05) is 99.8 Å². The topological polar surface area (TPSA) is 102 Å². The Hall–Kier alpha value is -7.49. The number of carbonyl (C=O) groups excluding carboxylic acids is 3. The second-order valence-corrected chi connectivity index (χ2v) is 17.9. The molecule has 2 saturated carbocycles. The molecule has 2 aliphatic heterocycles. The molecule has 0 bridgehead atoms. The zero-order valence-corrected chi connectivity index (χ0v) is 38.6. The molecule has 15 heteroatoms. The highest BCUT2D eigenvalue weighted by Gasteiger charge is 2.70. The zero-order chi connectivity index (χ0) is 47.5. The van der Waals surface area contributed by atoms with Gasteiger partial charge in [-0.05, 0) is 129 Å². The normalized spacial score (nSPS) is 18.3. The first-order valence-electron chi connectivity index (χ1n) is 21.0. The SMILES string of the molecule is [C-]#[N+]c1ccc(N2C(=O)N(c3ccc(Cl)cc3)C3(CCC3)C2(O)c2cccc([N+]#[C-])c2)cc1.[C-]#[N+]c1ccc(N2C(=O)N(c3ccc(Cl)cc3)C3(CCC3)C2=O)cc1.[C-]#[N+]c1cccc(Br)c1. The lowest BCUT2D eigenvalue weighted by Crippen LogP contribution is -2.63. The molecule has 2 heterocycles. The zero-order valence-electron chi connectivity index (χ0n) is 35.5. The van der Waals surface area contributed by atoms with Crippen LogP contribution in [0, 0.1) is 26.3 Å². The summed E-state index contributed by atoms with van der Waals surface area (Å²) in [7, 11) is 0. The van der Waals surface area contributed by atoms with E-state index in [1.54, 1.807) is 143 Å². The van der Waals surface area contributed by atoms with E-state index < -0.39 is 16.8 Å². The van der Waals surface area contributed by atoms with Gasteiger partial charge in [0.05, 0.1) is 32.0 Å². The van der Waals surface area contributed by atoms with Crippen LogP contribution in [0.3, 0.4) is 0 Å². The minimum atomic E-state index is -1.72. The Morgan fingerprint density at radius 3 is 1.40 bits per heavy atom. The van der Waals surface area contributed by atoms with E-state index in [4.69, 9.17) is 49.5 Å². The average Bonchev–Trinajstić information content (AvgIpc) is 3.70. The molecule has 1 atom stereocenters. The molecule has 1 unspecified atom stereocenters. The van der Waals surface area contributed by atoms with Crippen molar-refractivity contribution in [3.63, 3.8) is 0 Å². The molecule has 5 amide bonds. The highest BCUT2D eigenvalue weighted by Crippen LogP contribution is 2.59. The van der Waals surface area contributed by atoms with Crippen LogP contribution >= 0.6 is 39.1 Å². The number of urea groups is 2. The van der Waals surface area contributed by atoms with Crippen LogP contribution in [0.2, 0.25) is 10.0 Å². The molecule has 330 valence electrons. The molecule has 2 saturated heterocycles. The fourth-order valence-electron chi connectivity index (χ4n) is 9.00. The highest BCUT2D eigenvalue weighted by molar-refractivity contribution is 9.10. The number of carbonyl (C=O) groups is 3. The maximum absolute atomic E-state index is 14.0. The summed E-state index contributed by atoms with van der Waals surface area (Å²) in [4.78, 5) is 59.7. The van der Waals surface area contributed by atoms with Crippen LogP contribution in [0.25, 0.3) is 19.4 Å². The van der Waals surface area contributed by atoms with Crippen LogP contribution in [0.15, 0.2) is 150 Å². The second kappa shape index (κ2) is 18.8. The van der Waals surface area contributed by atoms with Crippen molar-refractivity contribution in [2.75, 3.05) is 19.6 Å². The van der Waals surface area contributed by atoms with Crippen molar-refractivity contribution in [1.82, 2.24) is 0 Å². The molecule has 0 radical (unpaired) electrons. The van der Waals surface area contributed by atoms with E-state index in [1.807, 2.05) is 12.1 Å². The number of amides is 5. The lowest BCUT2D eigenvalue weighted by atomic mass is 9.66. The third kappa shape index (κ3) is 8.14. The molecule has 2 spiro atoms. The van der Waals surface area contributed by atoms with Gasteiger partial charge in [-0.2, -0.15) is 0 Å². The smallest absolute Gasteiger partial charge is 0.336 e. The van der Waals surface area contributed by atoms with Crippen molar-refractivity contribution in [2.24, 2.45) is 0 Å². The monoisotopic (exact) mass is 986 g/mol. The molecule has 6 aromatic rings. The maximum atomic E-state index is 14.0. The molecule has 2 aliphatic carbocycles. The van der Waals surface area contributed by atoms with Gasteiger partial charge in [-0.25, -0.2) is 33.9 Å². The van der Waals surface area contributed by atoms with Crippen LogP contribution in [0.4, 0.5) is 55.1 Å². The standard InChI is InChI=1S/C26H19ClN4O2.C19H14ClN3O2.C7H4BrN/c1-28-20-9-13-23(14-10-20)31-24(32)30(22-11-7-19(27)8-12-22)25(15-4-16-25)26(31,33)18-5-3-6-21(17-18)29-2;1-21-14-5-9-15(10-6-14)22-17(24)19(11-2-12-19)23(18(22)25)16-7-3-13(20)4-8-16;1-9-7-4-2-3-6(8)5-7/h3,5-14,17,33H,4,15-16H2;3-10H,2,11-12H2;2-5H. The predicted octanol–water partition coefficient (Wildman–Crippen LogP) is 14.4. The van der Waals surface area contributed by atoms with Gasteiger partial charge in [0.2, 0.25) is 0 Å². The third-order valence-electron chi connectivity index (χ3n) is 12.5. The average molecular weight is 989 g/mol.